The van der Waals surface area contributed by atoms with Gasteiger partial charge in [-0.3, -0.25) is 14.6 Å². The molecule has 1 amide bonds. The third kappa shape index (κ3) is 6.44. The summed E-state index contributed by atoms with van der Waals surface area (Å²) in [7, 11) is 0. The van der Waals surface area contributed by atoms with Crippen LogP contribution in [0.15, 0.2) is 54.6 Å². The van der Waals surface area contributed by atoms with E-state index in [4.69, 9.17) is 21.6 Å². The molecule has 0 radical (unpaired) electrons. The van der Waals surface area contributed by atoms with Crippen molar-refractivity contribution in [2.45, 2.75) is 19.4 Å². The largest absolute Gasteiger partial charge is 0.491 e. The van der Waals surface area contributed by atoms with Crippen molar-refractivity contribution < 1.29 is 9.53 Å². The molecule has 6 nitrogen and oxygen atoms in total. The summed E-state index contributed by atoms with van der Waals surface area (Å²) in [6.07, 6.45) is 0.312. The number of halogens is 1. The first-order chi connectivity index (χ1) is 15.1. The number of nitriles is 1. The summed E-state index contributed by atoms with van der Waals surface area (Å²) in [6.45, 7) is 7.16. The Morgan fingerprint density at radius 1 is 1.13 bits per heavy atom. The van der Waals surface area contributed by atoms with Gasteiger partial charge in [-0.25, -0.2) is 0 Å². The molecular formula is C24H29ClN4O2. The summed E-state index contributed by atoms with van der Waals surface area (Å²) >= 11 is 6.13. The molecule has 0 aliphatic carbocycles. The molecule has 0 aromatic heterocycles. The highest BCUT2D eigenvalue weighted by atomic mass is 35.5. The van der Waals surface area contributed by atoms with E-state index in [1.807, 2.05) is 61.5 Å². The van der Waals surface area contributed by atoms with E-state index in [0.29, 0.717) is 30.3 Å². The minimum absolute atomic E-state index is 0.0388. The number of para-hydroxylation sites is 2. The van der Waals surface area contributed by atoms with E-state index in [9.17, 15) is 4.79 Å². The molecule has 7 heteroatoms. The molecule has 1 aliphatic heterocycles. The second-order valence-corrected chi connectivity index (χ2v) is 7.97. The van der Waals surface area contributed by atoms with Crippen molar-refractivity contribution in [1.82, 2.24) is 9.80 Å². The van der Waals surface area contributed by atoms with Crippen LogP contribution in [0.3, 0.4) is 0 Å². The molecule has 3 rings (SSSR count). The maximum absolute atomic E-state index is 13.2. The van der Waals surface area contributed by atoms with Crippen LogP contribution in [0.5, 0.6) is 5.75 Å². The van der Waals surface area contributed by atoms with E-state index in [1.54, 1.807) is 4.90 Å². The number of carbonyl (C=O) groups excluding carboxylic acids is 1. The third-order valence-electron chi connectivity index (χ3n) is 5.59. The van der Waals surface area contributed by atoms with Crippen molar-refractivity contribution in [2.75, 3.05) is 50.8 Å². The molecule has 1 aliphatic rings. The molecule has 0 saturated carbocycles. The second-order valence-electron chi connectivity index (χ2n) is 7.57. The Balaban J connectivity index is 1.49. The van der Waals surface area contributed by atoms with E-state index in [2.05, 4.69) is 15.9 Å². The molecule has 1 heterocycles. The van der Waals surface area contributed by atoms with Crippen LogP contribution in [-0.4, -0.2) is 67.6 Å². The number of hydrogen-bond acceptors (Lipinski definition) is 5. The summed E-state index contributed by atoms with van der Waals surface area (Å²) in [6, 6.07) is 19.0. The van der Waals surface area contributed by atoms with Crippen LogP contribution in [0.1, 0.15) is 13.3 Å². The summed E-state index contributed by atoms with van der Waals surface area (Å²) in [5.41, 5.74) is 0.838. The molecule has 0 N–H and O–H groups in total. The van der Waals surface area contributed by atoms with Crippen LogP contribution in [0, 0.1) is 11.3 Å². The predicted octanol–water partition coefficient (Wildman–Crippen LogP) is 3.67. The minimum Gasteiger partial charge on any atom is -0.491 e. The Bertz CT molecular complexity index is 879. The summed E-state index contributed by atoms with van der Waals surface area (Å²) in [5.74, 6) is 0.748. The molecular weight excluding hydrogens is 412 g/mol. The summed E-state index contributed by atoms with van der Waals surface area (Å²) in [5, 5.41) is 9.62. The second kappa shape index (κ2) is 11.7. The van der Waals surface area contributed by atoms with E-state index in [1.165, 1.54) is 0 Å². The van der Waals surface area contributed by atoms with Gasteiger partial charge in [0.2, 0.25) is 5.91 Å². The lowest BCUT2D eigenvalue weighted by Crippen LogP contribution is -2.55. The van der Waals surface area contributed by atoms with E-state index in [-0.39, 0.29) is 11.9 Å². The fourth-order valence-corrected chi connectivity index (χ4v) is 3.93. The van der Waals surface area contributed by atoms with Gasteiger partial charge in [-0.2, -0.15) is 5.26 Å². The standard InChI is InChI=1S/C24H29ClN4O2/c1-20(24(30)29(13-7-12-26)21-8-3-2-4-9-21)28-16-14-27(15-17-28)18-19-31-23-11-6-5-10-22(23)25/h2-6,8-11,20H,7,13-19H2,1H3. The average molecular weight is 441 g/mol. The number of nitrogens with zero attached hydrogens (tertiary/aromatic N) is 4. The van der Waals surface area contributed by atoms with Crippen molar-refractivity contribution in [1.29, 1.82) is 5.26 Å². The van der Waals surface area contributed by atoms with Gasteiger partial charge in [0.1, 0.15) is 12.4 Å². The number of benzene rings is 2. The smallest absolute Gasteiger partial charge is 0.244 e. The maximum atomic E-state index is 13.2. The highest BCUT2D eigenvalue weighted by Gasteiger charge is 2.29. The van der Waals surface area contributed by atoms with Gasteiger partial charge in [0.25, 0.3) is 0 Å². The molecule has 1 unspecified atom stereocenters. The van der Waals surface area contributed by atoms with E-state index in [0.717, 1.165) is 38.4 Å². The van der Waals surface area contributed by atoms with Crippen molar-refractivity contribution in [3.05, 3.63) is 59.6 Å². The van der Waals surface area contributed by atoms with Gasteiger partial charge in [-0.05, 0) is 31.2 Å². The van der Waals surface area contributed by atoms with Gasteiger partial charge in [-0.15, -0.1) is 0 Å². The van der Waals surface area contributed by atoms with Gasteiger partial charge in [0.05, 0.1) is 23.6 Å². The fraction of sp³-hybridized carbons (Fsp3) is 0.417. The number of amides is 1. The molecule has 0 bridgehead atoms. The SMILES string of the molecule is CC(C(=O)N(CCC#N)c1ccccc1)N1CCN(CCOc2ccccc2Cl)CC1. The number of hydrogen-bond donors (Lipinski definition) is 0. The fourth-order valence-electron chi connectivity index (χ4n) is 3.74. The molecule has 31 heavy (non-hydrogen) atoms. The van der Waals surface area contributed by atoms with Gasteiger partial charge < -0.3 is 9.64 Å². The van der Waals surface area contributed by atoms with Crippen molar-refractivity contribution in [3.8, 4) is 11.8 Å². The quantitative estimate of drug-likeness (QED) is 0.595. The number of anilines is 1. The Morgan fingerprint density at radius 2 is 1.81 bits per heavy atom. The highest BCUT2D eigenvalue weighted by molar-refractivity contribution is 6.32. The lowest BCUT2D eigenvalue weighted by molar-refractivity contribution is -0.124. The van der Waals surface area contributed by atoms with Crippen LogP contribution < -0.4 is 9.64 Å². The van der Waals surface area contributed by atoms with Crippen LogP contribution in [-0.2, 0) is 4.79 Å². The van der Waals surface area contributed by atoms with Crippen LogP contribution >= 0.6 is 11.6 Å². The van der Waals surface area contributed by atoms with Gasteiger partial charge >= 0.3 is 0 Å². The number of carbonyl (C=O) groups is 1. The Morgan fingerprint density at radius 3 is 2.48 bits per heavy atom. The number of ether oxygens (including phenoxy) is 1. The molecule has 2 aromatic carbocycles. The van der Waals surface area contributed by atoms with Crippen LogP contribution in [0.4, 0.5) is 5.69 Å². The zero-order valence-electron chi connectivity index (χ0n) is 17.9. The minimum atomic E-state index is -0.236. The molecule has 1 saturated heterocycles. The third-order valence-corrected chi connectivity index (χ3v) is 5.91. The summed E-state index contributed by atoms with van der Waals surface area (Å²) < 4.78 is 5.80. The zero-order valence-corrected chi connectivity index (χ0v) is 18.7. The van der Waals surface area contributed by atoms with Gasteiger partial charge in [-0.1, -0.05) is 41.9 Å². The normalized spacial score (nSPS) is 15.8. The Labute approximate surface area is 189 Å². The van der Waals surface area contributed by atoms with Gasteiger partial charge in [0, 0.05) is 45.0 Å². The predicted molar refractivity (Wildman–Crippen MR) is 123 cm³/mol. The van der Waals surface area contributed by atoms with E-state index < -0.39 is 0 Å². The molecule has 2 aromatic rings. The Kier molecular flexibility index (Phi) is 8.72. The van der Waals surface area contributed by atoms with Crippen LogP contribution in [0.2, 0.25) is 5.02 Å². The summed E-state index contributed by atoms with van der Waals surface area (Å²) in [4.78, 5) is 19.5. The van der Waals surface area contributed by atoms with Gasteiger partial charge in [0.15, 0.2) is 0 Å². The average Bonchev–Trinajstić information content (AvgIpc) is 2.81. The van der Waals surface area contributed by atoms with E-state index >= 15 is 0 Å². The zero-order chi connectivity index (χ0) is 22.1. The van der Waals surface area contributed by atoms with Crippen LogP contribution in [0.25, 0.3) is 0 Å². The lowest BCUT2D eigenvalue weighted by Gasteiger charge is -2.38. The molecule has 1 fully saturated rings. The monoisotopic (exact) mass is 440 g/mol. The molecule has 1 atom stereocenters. The van der Waals surface area contributed by atoms with Crippen molar-refractivity contribution >= 4 is 23.2 Å². The first kappa shape index (κ1) is 23.1. The maximum Gasteiger partial charge on any atom is 0.244 e. The molecule has 164 valence electrons. The van der Waals surface area contributed by atoms with Crippen molar-refractivity contribution in [3.63, 3.8) is 0 Å². The highest BCUT2D eigenvalue weighted by Crippen LogP contribution is 2.23. The molecule has 0 spiro atoms. The van der Waals surface area contributed by atoms with Crippen molar-refractivity contribution in [2.24, 2.45) is 0 Å². The number of piperazine rings is 1. The number of rotatable bonds is 9. The topological polar surface area (TPSA) is 59.8 Å². The first-order valence-corrected chi connectivity index (χ1v) is 11.0. The first-order valence-electron chi connectivity index (χ1n) is 10.7. The lowest BCUT2D eigenvalue weighted by atomic mass is 10.1. The Hall–Kier alpha value is -2.59.